The number of aromatic nitrogens is 2. The Kier molecular flexibility index (Phi) is 10.4. The van der Waals surface area contributed by atoms with Crippen molar-refractivity contribution in [1.29, 1.82) is 0 Å². The molecule has 0 saturated carbocycles. The highest BCUT2D eigenvalue weighted by Gasteiger charge is 2.28. The van der Waals surface area contributed by atoms with Gasteiger partial charge in [-0.05, 0) is 73.9 Å². The fourth-order valence-electron chi connectivity index (χ4n) is 7.12. The number of hydrogen-bond donors (Lipinski definition) is 0. The molecule has 0 atom stereocenters. The Labute approximate surface area is 321 Å². The number of carbonyl (C=O) groups excluding carboxylic acids is 1. The molecule has 0 aliphatic heterocycles. The number of imidazole rings is 1. The molecule has 0 saturated heterocycles. The van der Waals surface area contributed by atoms with E-state index in [0.29, 0.717) is 96.2 Å². The minimum atomic E-state index is -0.236. The Morgan fingerprint density at radius 1 is 0.654 bits per heavy atom. The van der Waals surface area contributed by atoms with Crippen molar-refractivity contribution in [3.8, 4) is 0 Å². The topological polar surface area (TPSA) is 51.4 Å². The number of benzene rings is 7. The predicted octanol–water partition coefficient (Wildman–Crippen LogP) is 14.3. The maximum absolute atomic E-state index is 14.0. The molecule has 262 valence electrons. The molecule has 0 fully saturated rings. The molecular formula is C44H36Cl4N2O2. The third-order valence-electron chi connectivity index (χ3n) is 9.39. The molecule has 0 bridgehead atoms. The third-order valence-corrected chi connectivity index (χ3v) is 10.6. The number of pyridine rings is 1. The van der Waals surface area contributed by atoms with E-state index in [1.54, 1.807) is 22.6 Å². The number of hydrogen-bond acceptors (Lipinski definition) is 3. The molecule has 4 nitrogen and oxygen atoms in total. The summed E-state index contributed by atoms with van der Waals surface area (Å²) >= 11 is 28.1. The van der Waals surface area contributed by atoms with Crippen LogP contribution in [-0.2, 0) is 0 Å². The Morgan fingerprint density at radius 2 is 1.13 bits per heavy atom. The van der Waals surface area contributed by atoms with Gasteiger partial charge in [-0.1, -0.05) is 123 Å². The van der Waals surface area contributed by atoms with E-state index >= 15 is 0 Å². The average molecular weight is 767 g/mol. The molecule has 8 heteroatoms. The van der Waals surface area contributed by atoms with Gasteiger partial charge in [-0.25, -0.2) is 4.98 Å². The lowest BCUT2D eigenvalue weighted by molar-refractivity contribution is 0.112. The summed E-state index contributed by atoms with van der Waals surface area (Å²) in [5.41, 5.74) is 6.27. The lowest BCUT2D eigenvalue weighted by Gasteiger charge is -2.22. The van der Waals surface area contributed by atoms with Gasteiger partial charge in [0.2, 0.25) is 0 Å². The van der Waals surface area contributed by atoms with E-state index in [0.717, 1.165) is 17.4 Å². The van der Waals surface area contributed by atoms with Crippen molar-refractivity contribution in [3.63, 3.8) is 0 Å². The monoisotopic (exact) mass is 764 g/mol. The first-order valence-corrected chi connectivity index (χ1v) is 18.7. The van der Waals surface area contributed by atoms with Crippen LogP contribution in [0.3, 0.4) is 0 Å². The van der Waals surface area contributed by atoms with E-state index in [-0.39, 0.29) is 5.56 Å². The van der Waals surface area contributed by atoms with Crippen LogP contribution in [-0.4, -0.2) is 15.7 Å². The Bertz CT molecular complexity index is 2890. The lowest BCUT2D eigenvalue weighted by atomic mass is 9.84. The van der Waals surface area contributed by atoms with E-state index < -0.39 is 0 Å². The number of fused-ring (bicyclic) bond motifs is 6. The van der Waals surface area contributed by atoms with Gasteiger partial charge in [0.15, 0.2) is 6.29 Å². The molecule has 0 aliphatic carbocycles. The first-order valence-electron chi connectivity index (χ1n) is 17.2. The third kappa shape index (κ3) is 5.56. The van der Waals surface area contributed by atoms with Gasteiger partial charge >= 0.3 is 0 Å². The Hall–Kier alpha value is -4.45. The summed E-state index contributed by atoms with van der Waals surface area (Å²) in [5, 5.41) is 7.88. The maximum atomic E-state index is 14.0. The van der Waals surface area contributed by atoms with Crippen molar-refractivity contribution in [2.24, 2.45) is 0 Å². The van der Waals surface area contributed by atoms with Gasteiger partial charge in [0.1, 0.15) is 5.65 Å². The standard InChI is InChI=1S/C32H14Cl4N2O2.C8H10.2C2H6/c1-12(2)14-8-18(34)26-27-19(35)9-15-24-16(32(40)38-22-6-4-3-5-21(22)37-31(15)38)10-20(36)28(30(24)27)25-17(33)7-13(11-39)23(14)29(25)26;1-7-5-3-4-6-8(7)2;2*1-2/h3-11H,1H2,2H3;3-6H,1-2H3;2*1-2H3. The largest absolute Gasteiger partial charge is 0.298 e. The minimum absolute atomic E-state index is 0.236. The second-order valence-corrected chi connectivity index (χ2v) is 13.8. The minimum Gasteiger partial charge on any atom is -0.298 e. The van der Waals surface area contributed by atoms with Crippen LogP contribution in [0.5, 0.6) is 0 Å². The molecule has 0 radical (unpaired) electrons. The molecule has 0 N–H and O–H groups in total. The molecule has 2 heterocycles. The van der Waals surface area contributed by atoms with Crippen molar-refractivity contribution in [2.45, 2.75) is 48.5 Å². The first kappa shape index (κ1) is 37.3. The molecular weight excluding hydrogens is 730 g/mol. The van der Waals surface area contributed by atoms with Crippen LogP contribution >= 0.6 is 46.4 Å². The van der Waals surface area contributed by atoms with Crippen molar-refractivity contribution < 1.29 is 4.79 Å². The molecule has 0 unspecified atom stereocenters. The first-order chi connectivity index (χ1) is 25.0. The molecule has 9 rings (SSSR count). The number of para-hydroxylation sites is 2. The molecule has 0 amide bonds. The van der Waals surface area contributed by atoms with Gasteiger partial charge in [0.25, 0.3) is 5.56 Å². The number of nitrogens with zero attached hydrogens (tertiary/aromatic N) is 2. The van der Waals surface area contributed by atoms with Crippen LogP contribution in [0.4, 0.5) is 0 Å². The van der Waals surface area contributed by atoms with Crippen LogP contribution in [0.2, 0.25) is 20.1 Å². The highest BCUT2D eigenvalue weighted by molar-refractivity contribution is 6.55. The van der Waals surface area contributed by atoms with E-state index in [4.69, 9.17) is 51.4 Å². The van der Waals surface area contributed by atoms with Crippen molar-refractivity contribution in [3.05, 3.63) is 132 Å². The zero-order valence-electron chi connectivity index (χ0n) is 29.9. The summed E-state index contributed by atoms with van der Waals surface area (Å²) < 4.78 is 1.61. The van der Waals surface area contributed by atoms with Gasteiger partial charge in [-0.3, -0.25) is 14.0 Å². The van der Waals surface area contributed by atoms with Gasteiger partial charge < -0.3 is 0 Å². The fraction of sp³-hybridized carbons (Fsp3) is 0.159. The second kappa shape index (κ2) is 14.5. The molecule has 0 spiro atoms. The molecule has 7 aromatic carbocycles. The number of halogens is 4. The zero-order valence-corrected chi connectivity index (χ0v) is 33.0. The Morgan fingerprint density at radius 3 is 1.67 bits per heavy atom. The normalized spacial score (nSPS) is 11.2. The predicted molar refractivity (Wildman–Crippen MR) is 228 cm³/mol. The lowest BCUT2D eigenvalue weighted by Crippen LogP contribution is -2.13. The summed E-state index contributed by atoms with van der Waals surface area (Å²) in [6, 6.07) is 22.8. The summed E-state index contributed by atoms with van der Waals surface area (Å²) in [5.74, 6) is 0. The SMILES string of the molecule is C=C(C)c1cc(Cl)c2c3c(Cl)cc4c5c(cc(Cl)c(c6c(Cl)cc(C=O)c1c62)c35)c(=O)n1c2ccccc2nc41.CC.CC.Cc1ccccc1C. The summed E-state index contributed by atoms with van der Waals surface area (Å²) in [4.78, 5) is 31.1. The molecule has 52 heavy (non-hydrogen) atoms. The van der Waals surface area contributed by atoms with E-state index in [2.05, 4.69) is 44.7 Å². The summed E-state index contributed by atoms with van der Waals surface area (Å²) in [6.07, 6.45) is 0.775. The number of aldehydes is 1. The summed E-state index contributed by atoms with van der Waals surface area (Å²) in [7, 11) is 0. The van der Waals surface area contributed by atoms with Crippen molar-refractivity contribution in [2.75, 3.05) is 0 Å². The molecule has 0 aliphatic rings. The molecule has 9 aromatic rings. The van der Waals surface area contributed by atoms with Crippen LogP contribution in [0.15, 0.2) is 84.2 Å². The van der Waals surface area contributed by atoms with E-state index in [1.807, 2.05) is 65.0 Å². The number of carbonyl (C=O) groups is 1. The number of allylic oxidation sites excluding steroid dienone is 1. The fourth-order valence-corrected chi connectivity index (χ4v) is 8.32. The van der Waals surface area contributed by atoms with Crippen molar-refractivity contribution in [1.82, 2.24) is 9.38 Å². The van der Waals surface area contributed by atoms with Crippen LogP contribution < -0.4 is 5.56 Å². The quantitative estimate of drug-likeness (QED) is 0.100. The highest BCUT2D eigenvalue weighted by Crippen LogP contribution is 2.53. The van der Waals surface area contributed by atoms with Crippen LogP contribution in [0.1, 0.15) is 61.7 Å². The van der Waals surface area contributed by atoms with Crippen molar-refractivity contribution >= 4 is 129 Å². The van der Waals surface area contributed by atoms with E-state index in [9.17, 15) is 9.59 Å². The van der Waals surface area contributed by atoms with Gasteiger partial charge in [0, 0.05) is 74.1 Å². The van der Waals surface area contributed by atoms with Gasteiger partial charge in [-0.2, -0.15) is 0 Å². The average Bonchev–Trinajstić information content (AvgIpc) is 3.54. The number of rotatable bonds is 2. The smallest absolute Gasteiger partial charge is 0.264 e. The second-order valence-electron chi connectivity index (χ2n) is 12.2. The highest BCUT2D eigenvalue weighted by atomic mass is 35.5. The summed E-state index contributed by atoms with van der Waals surface area (Å²) in [6.45, 7) is 18.2. The molecule has 2 aromatic heterocycles. The maximum Gasteiger partial charge on any atom is 0.264 e. The zero-order chi connectivity index (χ0) is 37.8. The van der Waals surface area contributed by atoms with E-state index in [1.165, 1.54) is 11.1 Å². The number of aryl methyl sites for hydroxylation is 2. The van der Waals surface area contributed by atoms with Crippen LogP contribution in [0.25, 0.3) is 76.1 Å². The van der Waals surface area contributed by atoms with Crippen LogP contribution in [0, 0.1) is 13.8 Å². The Balaban J connectivity index is 0.000000337. The van der Waals surface area contributed by atoms with Gasteiger partial charge in [-0.15, -0.1) is 0 Å². The van der Waals surface area contributed by atoms with Gasteiger partial charge in [0.05, 0.1) is 16.4 Å².